The predicted octanol–water partition coefficient (Wildman–Crippen LogP) is 4.14. The van der Waals surface area contributed by atoms with Crippen molar-refractivity contribution in [3.63, 3.8) is 0 Å². The first kappa shape index (κ1) is 19.6. The van der Waals surface area contributed by atoms with Crippen LogP contribution in [0.5, 0.6) is 0 Å². The molecule has 1 saturated heterocycles. The number of nitro benzene ring substituents is 1. The molecule has 0 spiro atoms. The third kappa shape index (κ3) is 3.64. The number of piperazine rings is 1. The highest BCUT2D eigenvalue weighted by atomic mass is 32.1. The summed E-state index contributed by atoms with van der Waals surface area (Å²) in [5.41, 5.74) is 1.07. The molecule has 4 heterocycles. The van der Waals surface area contributed by atoms with Gasteiger partial charge in [-0.25, -0.2) is 0 Å². The summed E-state index contributed by atoms with van der Waals surface area (Å²) in [6.45, 7) is 5.31. The fourth-order valence-electron chi connectivity index (χ4n) is 4.01. The molecule has 4 aromatic rings. The number of anilines is 1. The van der Waals surface area contributed by atoms with Gasteiger partial charge in [0.05, 0.1) is 21.2 Å². The van der Waals surface area contributed by atoms with Crippen LogP contribution in [-0.2, 0) is 0 Å². The lowest BCUT2D eigenvalue weighted by atomic mass is 10.1. The molecule has 31 heavy (non-hydrogen) atoms. The van der Waals surface area contributed by atoms with Gasteiger partial charge in [-0.2, -0.15) is 4.98 Å². The maximum Gasteiger partial charge on any atom is 0.278 e. The summed E-state index contributed by atoms with van der Waals surface area (Å²) in [6, 6.07) is 9.21. The molecule has 1 aliphatic rings. The van der Waals surface area contributed by atoms with Crippen molar-refractivity contribution >= 4 is 33.5 Å². The molecule has 1 atom stereocenters. The number of pyridine rings is 1. The zero-order valence-corrected chi connectivity index (χ0v) is 17.7. The summed E-state index contributed by atoms with van der Waals surface area (Å²) < 4.78 is 5.53. The van der Waals surface area contributed by atoms with E-state index in [2.05, 4.69) is 31.8 Å². The largest absolute Gasteiger partial charge is 0.368 e. The van der Waals surface area contributed by atoms with Crippen LogP contribution in [-0.4, -0.2) is 51.1 Å². The van der Waals surface area contributed by atoms with E-state index in [-0.39, 0.29) is 16.7 Å². The van der Waals surface area contributed by atoms with Crippen LogP contribution in [0.3, 0.4) is 0 Å². The average Bonchev–Trinajstić information content (AvgIpc) is 3.50. The van der Waals surface area contributed by atoms with Gasteiger partial charge in [-0.05, 0) is 30.5 Å². The lowest BCUT2D eigenvalue weighted by Gasteiger charge is -2.38. The van der Waals surface area contributed by atoms with E-state index in [1.54, 1.807) is 29.8 Å². The molecule has 158 valence electrons. The van der Waals surface area contributed by atoms with Gasteiger partial charge in [0.25, 0.3) is 5.69 Å². The van der Waals surface area contributed by atoms with Crippen LogP contribution in [0.15, 0.2) is 52.6 Å². The molecule has 1 unspecified atom stereocenters. The Balaban J connectivity index is 1.32. The molecule has 0 amide bonds. The van der Waals surface area contributed by atoms with Crippen molar-refractivity contribution in [3.8, 4) is 10.7 Å². The molecule has 10 heteroatoms. The van der Waals surface area contributed by atoms with Gasteiger partial charge in [-0.3, -0.25) is 20.0 Å². The molecule has 1 aromatic carbocycles. The van der Waals surface area contributed by atoms with E-state index in [0.29, 0.717) is 17.1 Å². The smallest absolute Gasteiger partial charge is 0.278 e. The van der Waals surface area contributed by atoms with Crippen molar-refractivity contribution in [2.45, 2.75) is 13.0 Å². The fourth-order valence-corrected chi connectivity index (χ4v) is 4.66. The minimum absolute atomic E-state index is 0.0150. The summed E-state index contributed by atoms with van der Waals surface area (Å²) in [4.78, 5) is 25.2. The van der Waals surface area contributed by atoms with E-state index in [9.17, 15) is 10.1 Å². The summed E-state index contributed by atoms with van der Waals surface area (Å²) in [7, 11) is 0. The summed E-state index contributed by atoms with van der Waals surface area (Å²) in [5.74, 6) is 1.24. The van der Waals surface area contributed by atoms with Gasteiger partial charge in [0.15, 0.2) is 0 Å². The van der Waals surface area contributed by atoms with Crippen molar-refractivity contribution in [1.29, 1.82) is 0 Å². The third-order valence-electron chi connectivity index (χ3n) is 5.71. The molecule has 1 aliphatic heterocycles. The van der Waals surface area contributed by atoms with Gasteiger partial charge in [0.2, 0.25) is 11.7 Å². The molecular weight excluding hydrogens is 416 g/mol. The molecule has 3 aromatic heterocycles. The van der Waals surface area contributed by atoms with Crippen LogP contribution in [0.2, 0.25) is 0 Å². The number of fused-ring (bicyclic) bond motifs is 1. The highest BCUT2D eigenvalue weighted by molar-refractivity contribution is 7.13. The van der Waals surface area contributed by atoms with Gasteiger partial charge >= 0.3 is 0 Å². The second-order valence-corrected chi connectivity index (χ2v) is 8.36. The molecule has 5 rings (SSSR count). The Hall–Kier alpha value is -3.37. The van der Waals surface area contributed by atoms with Crippen LogP contribution < -0.4 is 4.90 Å². The highest BCUT2D eigenvalue weighted by Gasteiger charge is 2.27. The zero-order valence-electron chi connectivity index (χ0n) is 16.8. The first-order valence-electron chi connectivity index (χ1n) is 9.99. The number of aromatic nitrogens is 3. The molecule has 9 nitrogen and oxygen atoms in total. The Kier molecular flexibility index (Phi) is 5.08. The summed E-state index contributed by atoms with van der Waals surface area (Å²) in [5, 5.41) is 18.9. The van der Waals surface area contributed by atoms with Crippen molar-refractivity contribution in [2.24, 2.45) is 0 Å². The van der Waals surface area contributed by atoms with Crippen molar-refractivity contribution in [1.82, 2.24) is 20.0 Å². The molecule has 0 saturated carbocycles. The Morgan fingerprint density at radius 2 is 2.00 bits per heavy atom. The van der Waals surface area contributed by atoms with E-state index in [1.807, 2.05) is 29.6 Å². The normalized spacial score (nSPS) is 16.0. The quantitative estimate of drug-likeness (QED) is 0.340. The lowest BCUT2D eigenvalue weighted by molar-refractivity contribution is -0.383. The van der Waals surface area contributed by atoms with Gasteiger partial charge in [0.1, 0.15) is 0 Å². The van der Waals surface area contributed by atoms with Crippen LogP contribution in [0.25, 0.3) is 21.5 Å². The van der Waals surface area contributed by atoms with Gasteiger partial charge < -0.3 is 9.42 Å². The standard InChI is InChI=1S/C21H20N6O3S/c1-14(21-23-20(24-30-21)19-3-2-12-31-19)25-8-10-26(11-9-25)17-4-5-18(27(28)29)16-13-22-7-6-15(16)17/h2-7,12-14H,8-11H2,1H3. The van der Waals surface area contributed by atoms with Crippen molar-refractivity contribution in [2.75, 3.05) is 31.1 Å². The zero-order chi connectivity index (χ0) is 21.4. The first-order chi connectivity index (χ1) is 15.1. The molecule has 0 bridgehead atoms. The highest BCUT2D eigenvalue weighted by Crippen LogP contribution is 2.34. The average molecular weight is 436 g/mol. The van der Waals surface area contributed by atoms with E-state index in [0.717, 1.165) is 42.1 Å². The van der Waals surface area contributed by atoms with Gasteiger partial charge in [-0.1, -0.05) is 11.2 Å². The number of non-ortho nitro benzene ring substituents is 1. The lowest BCUT2D eigenvalue weighted by Crippen LogP contribution is -2.47. The number of rotatable bonds is 5. The molecule has 0 N–H and O–H groups in total. The fraction of sp³-hybridized carbons (Fsp3) is 0.286. The topological polar surface area (TPSA) is 101 Å². The second-order valence-electron chi connectivity index (χ2n) is 7.41. The Morgan fingerprint density at radius 1 is 1.16 bits per heavy atom. The SMILES string of the molecule is CC(c1nc(-c2cccs2)no1)N1CCN(c2ccc([N+](=O)[O-])c3cnccc23)CC1. The van der Waals surface area contributed by atoms with Crippen molar-refractivity contribution < 1.29 is 9.45 Å². The molecule has 1 fully saturated rings. The minimum Gasteiger partial charge on any atom is -0.368 e. The van der Waals surface area contributed by atoms with Crippen LogP contribution in [0.4, 0.5) is 11.4 Å². The number of hydrogen-bond acceptors (Lipinski definition) is 9. The molecule has 0 aliphatic carbocycles. The maximum absolute atomic E-state index is 11.4. The van der Waals surface area contributed by atoms with Crippen LogP contribution in [0.1, 0.15) is 18.9 Å². The number of thiophene rings is 1. The van der Waals surface area contributed by atoms with E-state index >= 15 is 0 Å². The van der Waals surface area contributed by atoms with E-state index in [4.69, 9.17) is 4.52 Å². The third-order valence-corrected chi connectivity index (χ3v) is 6.58. The number of hydrogen-bond donors (Lipinski definition) is 0. The van der Waals surface area contributed by atoms with E-state index in [1.165, 1.54) is 0 Å². The van der Waals surface area contributed by atoms with Crippen LogP contribution >= 0.6 is 11.3 Å². The second kappa shape index (κ2) is 8.05. The number of nitro groups is 1. The Bertz CT molecular complexity index is 1220. The predicted molar refractivity (Wildman–Crippen MR) is 118 cm³/mol. The first-order valence-corrected chi connectivity index (χ1v) is 10.9. The summed E-state index contributed by atoms with van der Waals surface area (Å²) in [6.07, 6.45) is 3.24. The van der Waals surface area contributed by atoms with Crippen molar-refractivity contribution in [3.05, 3.63) is 64.1 Å². The maximum atomic E-state index is 11.4. The molecular formula is C21H20N6O3S. The van der Waals surface area contributed by atoms with Crippen LogP contribution in [0, 0.1) is 10.1 Å². The molecule has 0 radical (unpaired) electrons. The summed E-state index contributed by atoms with van der Waals surface area (Å²) >= 11 is 1.59. The monoisotopic (exact) mass is 436 g/mol. The van der Waals surface area contributed by atoms with Gasteiger partial charge in [0, 0.05) is 55.7 Å². The minimum atomic E-state index is -0.359. The number of nitrogens with zero attached hydrogens (tertiary/aromatic N) is 6. The Labute approximate surface area is 182 Å². The Morgan fingerprint density at radius 3 is 2.74 bits per heavy atom. The van der Waals surface area contributed by atoms with E-state index < -0.39 is 0 Å². The van der Waals surface area contributed by atoms with Gasteiger partial charge in [-0.15, -0.1) is 11.3 Å². The number of benzene rings is 1.